The summed E-state index contributed by atoms with van der Waals surface area (Å²) in [5.74, 6) is 0. The Morgan fingerprint density at radius 3 is 1.93 bits per heavy atom. The van der Waals surface area contributed by atoms with Crippen LogP contribution in [0, 0.1) is 0 Å². The van der Waals surface area contributed by atoms with E-state index in [1.54, 1.807) is 0 Å². The van der Waals surface area contributed by atoms with E-state index in [0.717, 1.165) is 17.1 Å². The van der Waals surface area contributed by atoms with Gasteiger partial charge in [0, 0.05) is 36.8 Å². The number of anilines is 3. The van der Waals surface area contributed by atoms with Gasteiger partial charge in [0.1, 0.15) is 0 Å². The number of para-hydroxylation sites is 1. The Morgan fingerprint density at radius 2 is 1.00 bits per heavy atom. The van der Waals surface area contributed by atoms with Crippen molar-refractivity contribution in [3.8, 4) is 22.3 Å². The lowest BCUT2D eigenvalue weighted by atomic mass is 9.96. The minimum absolute atomic E-state index is 1.12. The van der Waals surface area contributed by atoms with Crippen molar-refractivity contribution >= 4 is 70.1 Å². The van der Waals surface area contributed by atoms with E-state index < -0.39 is 0 Å². The Labute approximate surface area is 272 Å². The Morgan fingerprint density at radius 1 is 0.370 bits per heavy atom. The Hall–Kier alpha value is -5.70. The van der Waals surface area contributed by atoms with Crippen LogP contribution in [0.2, 0.25) is 0 Å². The van der Waals surface area contributed by atoms with Crippen molar-refractivity contribution in [3.63, 3.8) is 0 Å². The number of fused-ring (bicyclic) bond motifs is 5. The molecule has 216 valence electrons. The molecule has 0 aliphatic rings. The molecule has 9 rings (SSSR count). The first-order chi connectivity index (χ1) is 22.8. The van der Waals surface area contributed by atoms with E-state index in [4.69, 9.17) is 0 Å². The molecule has 0 saturated carbocycles. The Kier molecular flexibility index (Phi) is 6.40. The van der Waals surface area contributed by atoms with Gasteiger partial charge >= 0.3 is 0 Å². The standard InChI is InChI=1S/C44H29NS/c1-2-14-32-28-34(27-26-30(32)12-1)37-19-5-7-22-40(37)45(41-23-10-15-31-13-3-4-18-36(31)41)35-17-9-16-33(29-35)38-21-11-25-43-44(38)39-20-6-8-24-42(39)46-43/h1-29H. The smallest absolute Gasteiger partial charge is 0.0540 e. The highest BCUT2D eigenvalue weighted by Crippen LogP contribution is 2.46. The Balaban J connectivity index is 1.29. The third-order valence-corrected chi connectivity index (χ3v) is 10.2. The summed E-state index contributed by atoms with van der Waals surface area (Å²) in [6, 6.07) is 64.0. The summed E-state index contributed by atoms with van der Waals surface area (Å²) in [5.41, 5.74) is 8.28. The minimum Gasteiger partial charge on any atom is -0.309 e. The number of nitrogens with zero attached hydrogens (tertiary/aromatic N) is 1. The molecule has 0 aliphatic carbocycles. The molecule has 0 radical (unpaired) electrons. The van der Waals surface area contributed by atoms with Gasteiger partial charge in [-0.25, -0.2) is 0 Å². The van der Waals surface area contributed by atoms with Crippen LogP contribution in [-0.2, 0) is 0 Å². The molecule has 0 spiro atoms. The summed E-state index contributed by atoms with van der Waals surface area (Å²) in [4.78, 5) is 2.45. The van der Waals surface area contributed by atoms with Crippen LogP contribution in [0.4, 0.5) is 17.1 Å². The van der Waals surface area contributed by atoms with Crippen molar-refractivity contribution in [1.29, 1.82) is 0 Å². The average Bonchev–Trinajstić information content (AvgIpc) is 3.51. The molecular formula is C44H29NS. The summed E-state index contributed by atoms with van der Waals surface area (Å²) in [7, 11) is 0. The number of thiophene rings is 1. The monoisotopic (exact) mass is 603 g/mol. The van der Waals surface area contributed by atoms with Crippen LogP contribution >= 0.6 is 11.3 Å². The average molecular weight is 604 g/mol. The molecule has 0 amide bonds. The van der Waals surface area contributed by atoms with Crippen molar-refractivity contribution in [1.82, 2.24) is 0 Å². The van der Waals surface area contributed by atoms with Gasteiger partial charge in [0.15, 0.2) is 0 Å². The van der Waals surface area contributed by atoms with E-state index in [0.29, 0.717) is 0 Å². The van der Waals surface area contributed by atoms with E-state index in [2.05, 4.69) is 181 Å². The van der Waals surface area contributed by atoms with Crippen molar-refractivity contribution in [2.45, 2.75) is 0 Å². The van der Waals surface area contributed by atoms with Gasteiger partial charge in [-0.2, -0.15) is 0 Å². The van der Waals surface area contributed by atoms with E-state index in [9.17, 15) is 0 Å². The highest BCUT2D eigenvalue weighted by molar-refractivity contribution is 7.25. The van der Waals surface area contributed by atoms with Gasteiger partial charge in [-0.3, -0.25) is 0 Å². The summed E-state index contributed by atoms with van der Waals surface area (Å²) in [5, 5.41) is 7.57. The molecule has 9 aromatic rings. The minimum atomic E-state index is 1.12. The molecule has 46 heavy (non-hydrogen) atoms. The number of hydrogen-bond acceptors (Lipinski definition) is 2. The zero-order valence-corrected chi connectivity index (χ0v) is 25.9. The van der Waals surface area contributed by atoms with Gasteiger partial charge < -0.3 is 4.90 Å². The second-order valence-corrected chi connectivity index (χ2v) is 12.8. The predicted molar refractivity (Wildman–Crippen MR) is 200 cm³/mol. The highest BCUT2D eigenvalue weighted by atomic mass is 32.1. The van der Waals surface area contributed by atoms with Crippen LogP contribution in [0.25, 0.3) is 64.0 Å². The van der Waals surface area contributed by atoms with Crippen LogP contribution in [-0.4, -0.2) is 0 Å². The van der Waals surface area contributed by atoms with Crippen LogP contribution in [0.5, 0.6) is 0 Å². The fourth-order valence-corrected chi connectivity index (χ4v) is 8.04. The fraction of sp³-hybridized carbons (Fsp3) is 0. The van der Waals surface area contributed by atoms with Crippen LogP contribution < -0.4 is 4.90 Å². The van der Waals surface area contributed by atoms with Crippen LogP contribution in [0.1, 0.15) is 0 Å². The van der Waals surface area contributed by atoms with Gasteiger partial charge in [-0.15, -0.1) is 11.3 Å². The largest absolute Gasteiger partial charge is 0.309 e. The fourth-order valence-electron chi connectivity index (χ4n) is 6.91. The van der Waals surface area contributed by atoms with Gasteiger partial charge in [-0.05, 0) is 75.3 Å². The number of benzene rings is 8. The topological polar surface area (TPSA) is 3.24 Å². The second kappa shape index (κ2) is 11.0. The summed E-state index contributed by atoms with van der Waals surface area (Å²) in [6.45, 7) is 0. The molecule has 2 heteroatoms. The van der Waals surface area contributed by atoms with Crippen molar-refractivity contribution in [2.75, 3.05) is 4.90 Å². The van der Waals surface area contributed by atoms with Crippen molar-refractivity contribution < 1.29 is 0 Å². The lowest BCUT2D eigenvalue weighted by molar-refractivity contribution is 1.30. The molecule has 1 heterocycles. The maximum absolute atomic E-state index is 2.45. The second-order valence-electron chi connectivity index (χ2n) is 11.7. The normalized spacial score (nSPS) is 11.5. The molecule has 0 saturated heterocycles. The zero-order valence-electron chi connectivity index (χ0n) is 25.1. The summed E-state index contributed by atoms with van der Waals surface area (Å²) < 4.78 is 2.64. The Bertz CT molecular complexity index is 2550. The molecule has 0 N–H and O–H groups in total. The molecule has 0 aliphatic heterocycles. The zero-order chi connectivity index (χ0) is 30.5. The molecule has 1 aromatic heterocycles. The van der Waals surface area contributed by atoms with E-state index in [1.807, 2.05) is 11.3 Å². The van der Waals surface area contributed by atoms with Gasteiger partial charge in [0.25, 0.3) is 0 Å². The molecule has 0 fully saturated rings. The maximum Gasteiger partial charge on any atom is 0.0540 e. The first-order valence-electron chi connectivity index (χ1n) is 15.7. The van der Waals surface area contributed by atoms with Crippen molar-refractivity contribution in [2.24, 2.45) is 0 Å². The molecule has 1 nitrogen and oxygen atoms in total. The third kappa shape index (κ3) is 4.46. The van der Waals surface area contributed by atoms with E-state index >= 15 is 0 Å². The highest BCUT2D eigenvalue weighted by Gasteiger charge is 2.20. The summed E-state index contributed by atoms with van der Waals surface area (Å²) in [6.07, 6.45) is 0. The maximum atomic E-state index is 2.45. The molecule has 0 atom stereocenters. The van der Waals surface area contributed by atoms with Crippen molar-refractivity contribution in [3.05, 3.63) is 176 Å². The van der Waals surface area contributed by atoms with Gasteiger partial charge in [0.05, 0.1) is 11.4 Å². The quantitative estimate of drug-likeness (QED) is 0.189. The molecule has 0 unspecified atom stereocenters. The lowest BCUT2D eigenvalue weighted by Gasteiger charge is -2.29. The SMILES string of the molecule is c1cc(-c2cccc3sc4ccccc4c23)cc(N(c2ccccc2-c2ccc3ccccc3c2)c2cccc3ccccc23)c1. The predicted octanol–water partition coefficient (Wildman–Crippen LogP) is 13.2. The third-order valence-electron chi connectivity index (χ3n) is 9.03. The van der Waals surface area contributed by atoms with E-state index in [-0.39, 0.29) is 0 Å². The molecule has 0 bridgehead atoms. The van der Waals surface area contributed by atoms with Crippen LogP contribution in [0.15, 0.2) is 176 Å². The molecular weight excluding hydrogens is 575 g/mol. The van der Waals surface area contributed by atoms with Crippen LogP contribution in [0.3, 0.4) is 0 Å². The molecule has 8 aromatic carbocycles. The number of hydrogen-bond donors (Lipinski definition) is 0. The van der Waals surface area contributed by atoms with E-state index in [1.165, 1.54) is 64.0 Å². The van der Waals surface area contributed by atoms with Gasteiger partial charge in [0.2, 0.25) is 0 Å². The summed E-state index contributed by atoms with van der Waals surface area (Å²) >= 11 is 1.87. The first kappa shape index (κ1) is 26.7. The number of rotatable bonds is 5. The van der Waals surface area contributed by atoms with Gasteiger partial charge in [-0.1, -0.05) is 133 Å². The lowest BCUT2D eigenvalue weighted by Crippen LogP contribution is -2.12. The first-order valence-corrected chi connectivity index (χ1v) is 16.5.